The van der Waals surface area contributed by atoms with Gasteiger partial charge in [0.15, 0.2) is 5.78 Å². The molecule has 0 aromatic heterocycles. The zero-order valence-corrected chi connectivity index (χ0v) is 15.1. The van der Waals surface area contributed by atoms with Gasteiger partial charge in [-0.15, -0.1) is 0 Å². The molecule has 1 saturated heterocycles. The van der Waals surface area contributed by atoms with Gasteiger partial charge in [-0.3, -0.25) is 14.4 Å². The monoisotopic (exact) mass is 370 g/mol. The van der Waals surface area contributed by atoms with E-state index in [9.17, 15) is 14.4 Å². The topological polar surface area (TPSA) is 66.5 Å². The van der Waals surface area contributed by atoms with E-state index in [1.165, 1.54) is 6.92 Å². The molecule has 1 atom stereocenters. The number of nitrogens with one attached hydrogen (secondary N) is 1. The van der Waals surface area contributed by atoms with E-state index in [0.29, 0.717) is 29.4 Å². The maximum absolute atomic E-state index is 12.5. The Kier molecular flexibility index (Phi) is 5.38. The molecule has 1 fully saturated rings. The Morgan fingerprint density at radius 3 is 2.50 bits per heavy atom. The van der Waals surface area contributed by atoms with E-state index >= 15 is 0 Å². The molecule has 26 heavy (non-hydrogen) atoms. The SMILES string of the molecule is CC(=O)c1ccc(NC(=O)C2CC(=O)N(Cc3ccccc3Cl)C2)cc1. The summed E-state index contributed by atoms with van der Waals surface area (Å²) in [6.45, 7) is 2.25. The number of hydrogen-bond donors (Lipinski definition) is 1. The molecule has 0 radical (unpaired) electrons. The van der Waals surface area contributed by atoms with E-state index in [1.54, 1.807) is 35.2 Å². The van der Waals surface area contributed by atoms with Gasteiger partial charge in [0.2, 0.25) is 11.8 Å². The molecule has 0 aliphatic carbocycles. The molecule has 2 aromatic rings. The first-order chi connectivity index (χ1) is 12.4. The number of benzene rings is 2. The standard InChI is InChI=1S/C20H19ClN2O3/c1-13(24)14-6-8-17(9-7-14)22-20(26)16-10-19(25)23(12-16)11-15-4-2-3-5-18(15)21/h2-9,16H,10-12H2,1H3,(H,22,26). The molecule has 134 valence electrons. The smallest absolute Gasteiger partial charge is 0.229 e. The molecular formula is C20H19ClN2O3. The highest BCUT2D eigenvalue weighted by atomic mass is 35.5. The fourth-order valence-corrected chi connectivity index (χ4v) is 3.16. The Morgan fingerprint density at radius 1 is 1.15 bits per heavy atom. The van der Waals surface area contributed by atoms with E-state index < -0.39 is 5.92 Å². The van der Waals surface area contributed by atoms with Gasteiger partial charge < -0.3 is 10.2 Å². The fourth-order valence-electron chi connectivity index (χ4n) is 2.97. The van der Waals surface area contributed by atoms with Gasteiger partial charge in [0.1, 0.15) is 0 Å². The molecule has 1 heterocycles. The summed E-state index contributed by atoms with van der Waals surface area (Å²) in [5.74, 6) is -0.690. The molecule has 2 amide bonds. The Balaban J connectivity index is 1.61. The molecule has 0 saturated carbocycles. The molecular weight excluding hydrogens is 352 g/mol. The van der Waals surface area contributed by atoms with Crippen LogP contribution in [0.25, 0.3) is 0 Å². The minimum atomic E-state index is -0.405. The number of anilines is 1. The number of Topliss-reactive ketones (excluding diaryl/α,β-unsaturated/α-hetero) is 1. The quantitative estimate of drug-likeness (QED) is 0.819. The van der Waals surface area contributed by atoms with Crippen LogP contribution in [-0.4, -0.2) is 29.0 Å². The third-order valence-electron chi connectivity index (χ3n) is 4.46. The van der Waals surface area contributed by atoms with Crippen LogP contribution in [-0.2, 0) is 16.1 Å². The van der Waals surface area contributed by atoms with Gasteiger partial charge in [-0.05, 0) is 42.8 Å². The lowest BCUT2D eigenvalue weighted by molar-refractivity contribution is -0.128. The number of carbonyl (C=O) groups is 3. The highest BCUT2D eigenvalue weighted by Gasteiger charge is 2.34. The molecule has 0 spiro atoms. The van der Waals surface area contributed by atoms with E-state index in [2.05, 4.69) is 5.32 Å². The van der Waals surface area contributed by atoms with Crippen molar-refractivity contribution < 1.29 is 14.4 Å². The summed E-state index contributed by atoms with van der Waals surface area (Å²) in [6, 6.07) is 14.1. The molecule has 5 nitrogen and oxygen atoms in total. The van der Waals surface area contributed by atoms with Gasteiger partial charge in [0.05, 0.1) is 5.92 Å². The van der Waals surface area contributed by atoms with E-state index in [0.717, 1.165) is 5.56 Å². The fraction of sp³-hybridized carbons (Fsp3) is 0.250. The number of halogens is 1. The third kappa shape index (κ3) is 4.11. The van der Waals surface area contributed by atoms with Crippen LogP contribution in [0.4, 0.5) is 5.69 Å². The highest BCUT2D eigenvalue weighted by Crippen LogP contribution is 2.24. The van der Waals surface area contributed by atoms with Crippen molar-refractivity contribution in [2.24, 2.45) is 5.92 Å². The summed E-state index contributed by atoms with van der Waals surface area (Å²) >= 11 is 6.15. The predicted octanol–water partition coefficient (Wildman–Crippen LogP) is 3.53. The van der Waals surface area contributed by atoms with Crippen LogP contribution in [0.5, 0.6) is 0 Å². The maximum atomic E-state index is 12.5. The lowest BCUT2D eigenvalue weighted by atomic mass is 10.1. The number of amides is 2. The second-order valence-electron chi connectivity index (χ2n) is 6.39. The predicted molar refractivity (Wildman–Crippen MR) is 100 cm³/mol. The van der Waals surface area contributed by atoms with Gasteiger partial charge in [-0.2, -0.15) is 0 Å². The van der Waals surface area contributed by atoms with E-state index in [-0.39, 0.29) is 24.0 Å². The number of ketones is 1. The lowest BCUT2D eigenvalue weighted by Crippen LogP contribution is -2.28. The van der Waals surface area contributed by atoms with Crippen molar-refractivity contribution in [2.45, 2.75) is 19.9 Å². The second kappa shape index (κ2) is 7.70. The Bertz CT molecular complexity index is 848. The lowest BCUT2D eigenvalue weighted by Gasteiger charge is -2.17. The number of hydrogen-bond acceptors (Lipinski definition) is 3. The average Bonchev–Trinajstić information content (AvgIpc) is 2.98. The summed E-state index contributed by atoms with van der Waals surface area (Å²) in [7, 11) is 0. The van der Waals surface area contributed by atoms with Gasteiger partial charge in [0, 0.05) is 35.8 Å². The highest BCUT2D eigenvalue weighted by molar-refractivity contribution is 6.31. The normalized spacial score (nSPS) is 16.6. The zero-order chi connectivity index (χ0) is 18.7. The second-order valence-corrected chi connectivity index (χ2v) is 6.80. The van der Waals surface area contributed by atoms with Crippen LogP contribution in [0.15, 0.2) is 48.5 Å². The van der Waals surface area contributed by atoms with Crippen LogP contribution >= 0.6 is 11.6 Å². The molecule has 0 bridgehead atoms. The summed E-state index contributed by atoms with van der Waals surface area (Å²) in [5, 5.41) is 3.42. The zero-order valence-electron chi connectivity index (χ0n) is 14.4. The summed E-state index contributed by atoms with van der Waals surface area (Å²) in [4.78, 5) is 37.7. The molecule has 2 aromatic carbocycles. The number of nitrogens with zero attached hydrogens (tertiary/aromatic N) is 1. The van der Waals surface area contributed by atoms with Crippen molar-refractivity contribution >= 4 is 34.9 Å². The van der Waals surface area contributed by atoms with Crippen LogP contribution in [0, 0.1) is 5.92 Å². The largest absolute Gasteiger partial charge is 0.337 e. The van der Waals surface area contributed by atoms with Crippen molar-refractivity contribution in [3.63, 3.8) is 0 Å². The molecule has 1 aliphatic heterocycles. The number of likely N-dealkylation sites (tertiary alicyclic amines) is 1. The van der Waals surface area contributed by atoms with Crippen LogP contribution in [0.2, 0.25) is 5.02 Å². The van der Waals surface area contributed by atoms with Gasteiger partial charge in [0.25, 0.3) is 0 Å². The van der Waals surface area contributed by atoms with Gasteiger partial charge in [-0.25, -0.2) is 0 Å². The van der Waals surface area contributed by atoms with Crippen molar-refractivity contribution in [3.05, 3.63) is 64.7 Å². The first kappa shape index (κ1) is 18.1. The minimum Gasteiger partial charge on any atom is -0.337 e. The van der Waals surface area contributed by atoms with Gasteiger partial charge in [-0.1, -0.05) is 29.8 Å². The Hall–Kier alpha value is -2.66. The van der Waals surface area contributed by atoms with Crippen molar-refractivity contribution in [2.75, 3.05) is 11.9 Å². The number of carbonyl (C=O) groups excluding carboxylic acids is 3. The summed E-state index contributed by atoms with van der Waals surface area (Å²) in [5.41, 5.74) is 2.06. The van der Waals surface area contributed by atoms with E-state index in [1.807, 2.05) is 18.2 Å². The maximum Gasteiger partial charge on any atom is 0.229 e. The van der Waals surface area contributed by atoms with Crippen molar-refractivity contribution in [1.82, 2.24) is 4.90 Å². The van der Waals surface area contributed by atoms with Crippen LogP contribution in [0.3, 0.4) is 0 Å². The van der Waals surface area contributed by atoms with Crippen LogP contribution < -0.4 is 5.32 Å². The first-order valence-electron chi connectivity index (χ1n) is 8.37. The molecule has 1 unspecified atom stereocenters. The number of rotatable bonds is 5. The van der Waals surface area contributed by atoms with Crippen LogP contribution in [0.1, 0.15) is 29.3 Å². The Morgan fingerprint density at radius 2 is 1.85 bits per heavy atom. The first-order valence-corrected chi connectivity index (χ1v) is 8.75. The van der Waals surface area contributed by atoms with Crippen molar-refractivity contribution in [3.8, 4) is 0 Å². The van der Waals surface area contributed by atoms with Gasteiger partial charge >= 0.3 is 0 Å². The van der Waals surface area contributed by atoms with Crippen molar-refractivity contribution in [1.29, 1.82) is 0 Å². The minimum absolute atomic E-state index is 0.0283. The van der Waals surface area contributed by atoms with E-state index in [4.69, 9.17) is 11.6 Å². The third-order valence-corrected chi connectivity index (χ3v) is 4.83. The molecule has 6 heteroatoms. The summed E-state index contributed by atoms with van der Waals surface area (Å²) < 4.78 is 0. The molecule has 3 rings (SSSR count). The Labute approximate surface area is 156 Å². The average molecular weight is 371 g/mol. The molecule has 1 N–H and O–H groups in total. The molecule has 1 aliphatic rings. The summed E-state index contributed by atoms with van der Waals surface area (Å²) in [6.07, 6.45) is 0.182.